The van der Waals surface area contributed by atoms with Gasteiger partial charge in [0.1, 0.15) is 29.8 Å². The molecule has 9 heterocycles. The summed E-state index contributed by atoms with van der Waals surface area (Å²) in [5.41, 5.74) is 6.32. The molecule has 3 aromatic heterocycles. The molecule has 4 saturated heterocycles. The number of piperidine rings is 1. The number of fused-ring (bicyclic) bond motifs is 4. The SMILES string of the molecule is CC(C)Oc1ccccc1[C@@H]1CN(Cc2ccc(C3CC3)nc2)CCN1C1CC2(CCN(c3ccc(C(=O)NS(=O)(=O)c4cc5c(c([N+](=O)[O-])c4)N[C@H](C4CCOCC4)CO5)c(N4c5cc6cc[nH]c6nc5O[C@H]5COCC[C@@H]54)c3)CC2)C1. The van der Waals surface area contributed by atoms with Crippen LogP contribution in [0.5, 0.6) is 17.4 Å². The number of aromatic nitrogens is 3. The zero-order valence-electron chi connectivity index (χ0n) is 47.0. The van der Waals surface area contributed by atoms with Gasteiger partial charge in [-0.15, -0.1) is 0 Å². The molecule has 0 radical (unpaired) electrons. The number of para-hydroxylation sites is 1. The number of carbonyl (C=O) groups is 1. The van der Waals surface area contributed by atoms with E-state index < -0.39 is 37.5 Å². The number of rotatable bonds is 14. The van der Waals surface area contributed by atoms with Gasteiger partial charge in [-0.05, 0) is 131 Å². The highest BCUT2D eigenvalue weighted by Gasteiger charge is 2.51. The Morgan fingerprint density at radius 3 is 2.52 bits per heavy atom. The molecule has 2 aliphatic carbocycles. The van der Waals surface area contributed by atoms with E-state index in [2.05, 4.69) is 91.1 Å². The summed E-state index contributed by atoms with van der Waals surface area (Å²) in [5, 5.41) is 16.7. The van der Waals surface area contributed by atoms with Crippen LogP contribution >= 0.6 is 0 Å². The van der Waals surface area contributed by atoms with E-state index in [1.807, 2.05) is 30.5 Å². The van der Waals surface area contributed by atoms with Crippen molar-refractivity contribution >= 4 is 55.4 Å². The number of amides is 1. The van der Waals surface area contributed by atoms with Crippen LogP contribution in [0.1, 0.15) is 111 Å². The molecule has 6 aliphatic heterocycles. The number of anilines is 4. The number of nitrogens with one attached hydrogen (secondary N) is 3. The van der Waals surface area contributed by atoms with Crippen LogP contribution in [0.2, 0.25) is 0 Å². The lowest BCUT2D eigenvalue weighted by atomic mass is 9.59. The number of ether oxygens (including phenoxy) is 5. The molecule has 4 atom stereocenters. The number of nitro groups is 1. The van der Waals surface area contributed by atoms with Crippen LogP contribution in [0, 0.1) is 21.4 Å². The minimum Gasteiger partial charge on any atom is -0.491 e. The third-order valence-electron chi connectivity index (χ3n) is 18.9. The van der Waals surface area contributed by atoms with Crippen molar-refractivity contribution in [2.75, 3.05) is 80.9 Å². The number of nitro benzene ring substituents is 1. The fourth-order valence-electron chi connectivity index (χ4n) is 14.3. The topological polar surface area (TPSA) is 219 Å². The fraction of sp³-hybridized carbons (Fsp3) is 0.500. The first kappa shape index (κ1) is 53.9. The molecule has 0 bridgehead atoms. The normalized spacial score (nSPS) is 24.0. The molecule has 6 fully saturated rings. The maximum absolute atomic E-state index is 14.9. The molecule has 8 aliphatic rings. The molecule has 436 valence electrons. The Balaban J connectivity index is 0.730. The van der Waals surface area contributed by atoms with Gasteiger partial charge in [0.15, 0.2) is 11.4 Å². The highest BCUT2D eigenvalue weighted by atomic mass is 32.2. The van der Waals surface area contributed by atoms with Gasteiger partial charge >= 0.3 is 0 Å². The standard InChI is InChI=1S/C62H72N10O10S/c1-38(2)81-55-6-4-3-5-46(55)54-35-68(34-39-7-12-48(64-33-39)40-8-9-40)22-23-70(54)44-31-62(32-44)17-20-69(21-18-62)43-10-11-47(51(28-43)71-50-16-26-79-37-57(50)82-61-53(71)27-42-13-19-63-59(42)66-61)60(73)67-83(76,77)45-29-52(72(74)75)58-56(30-45)80-36-49(65-58)41-14-24-78-25-15-41/h3-7,10-13,19,27-30,33,38,40-41,44,49-50,54,57,65H,8-9,14-18,20-26,31-32,34-37H2,1-2H3,(H,63,66)(H,67,73)/t49-,50-,54-,57-/m0/s1. The van der Waals surface area contributed by atoms with E-state index in [9.17, 15) is 23.3 Å². The average molecular weight is 1150 g/mol. The molecule has 6 aromatic rings. The summed E-state index contributed by atoms with van der Waals surface area (Å²) in [4.78, 5) is 49.2. The van der Waals surface area contributed by atoms with Gasteiger partial charge in [-0.1, -0.05) is 24.3 Å². The smallest absolute Gasteiger partial charge is 0.297 e. The van der Waals surface area contributed by atoms with Gasteiger partial charge in [-0.3, -0.25) is 29.7 Å². The van der Waals surface area contributed by atoms with Crippen LogP contribution in [0.25, 0.3) is 11.0 Å². The second-order valence-corrected chi connectivity index (χ2v) is 26.2. The highest BCUT2D eigenvalue weighted by molar-refractivity contribution is 7.90. The summed E-state index contributed by atoms with van der Waals surface area (Å²) in [6.07, 6.45) is 12.3. The maximum atomic E-state index is 14.9. The zero-order chi connectivity index (χ0) is 56.6. The second-order valence-electron chi connectivity index (χ2n) is 24.5. The molecule has 21 heteroatoms. The summed E-state index contributed by atoms with van der Waals surface area (Å²) >= 11 is 0. The summed E-state index contributed by atoms with van der Waals surface area (Å²) in [7, 11) is -4.71. The Labute approximate surface area is 483 Å². The minimum absolute atomic E-state index is 0.0272. The van der Waals surface area contributed by atoms with E-state index in [4.69, 9.17) is 33.7 Å². The van der Waals surface area contributed by atoms with E-state index in [0.29, 0.717) is 67.7 Å². The first-order valence-corrected chi connectivity index (χ1v) is 31.3. The van der Waals surface area contributed by atoms with Crippen LogP contribution in [0.4, 0.5) is 28.4 Å². The van der Waals surface area contributed by atoms with Gasteiger partial charge in [0, 0.05) is 118 Å². The Morgan fingerprint density at radius 2 is 1.73 bits per heavy atom. The molecular weight excluding hydrogens is 1080 g/mol. The van der Waals surface area contributed by atoms with Crippen molar-refractivity contribution in [1.82, 2.24) is 29.5 Å². The van der Waals surface area contributed by atoms with Crippen LogP contribution in [0.15, 0.2) is 96.2 Å². The zero-order valence-corrected chi connectivity index (χ0v) is 47.9. The van der Waals surface area contributed by atoms with Crippen molar-refractivity contribution in [3.8, 4) is 17.4 Å². The van der Waals surface area contributed by atoms with E-state index in [1.54, 1.807) is 6.07 Å². The number of hydrogen-bond donors (Lipinski definition) is 3. The van der Waals surface area contributed by atoms with Gasteiger partial charge in [0.05, 0.1) is 51.9 Å². The Morgan fingerprint density at radius 1 is 0.916 bits per heavy atom. The van der Waals surface area contributed by atoms with E-state index in [-0.39, 0.29) is 59.2 Å². The molecule has 3 aromatic carbocycles. The first-order valence-electron chi connectivity index (χ1n) is 29.8. The van der Waals surface area contributed by atoms with E-state index in [0.717, 1.165) is 101 Å². The van der Waals surface area contributed by atoms with Gasteiger partial charge in [0.25, 0.3) is 21.6 Å². The summed E-state index contributed by atoms with van der Waals surface area (Å²) in [6, 6.07) is 24.9. The third kappa shape index (κ3) is 10.6. The fourth-order valence-corrected chi connectivity index (χ4v) is 15.3. The molecule has 1 amide bonds. The van der Waals surface area contributed by atoms with Crippen LogP contribution in [0.3, 0.4) is 0 Å². The predicted molar refractivity (Wildman–Crippen MR) is 313 cm³/mol. The van der Waals surface area contributed by atoms with Crippen molar-refractivity contribution in [1.29, 1.82) is 0 Å². The van der Waals surface area contributed by atoms with Crippen molar-refractivity contribution < 1.29 is 41.8 Å². The second kappa shape index (κ2) is 21.9. The van der Waals surface area contributed by atoms with Crippen molar-refractivity contribution in [3.63, 3.8) is 0 Å². The number of benzene rings is 3. The van der Waals surface area contributed by atoms with Crippen LogP contribution in [-0.2, 0) is 26.0 Å². The monoisotopic (exact) mass is 1150 g/mol. The minimum atomic E-state index is -4.71. The molecule has 3 N–H and O–H groups in total. The van der Waals surface area contributed by atoms with Crippen LogP contribution in [-0.4, -0.2) is 140 Å². The molecule has 1 spiro atoms. The largest absolute Gasteiger partial charge is 0.491 e. The number of piperazine rings is 1. The van der Waals surface area contributed by atoms with Gasteiger partial charge in [-0.25, -0.2) is 13.1 Å². The summed E-state index contributed by atoms with van der Waals surface area (Å²) in [6.45, 7) is 11.6. The number of sulfonamides is 1. The molecule has 20 nitrogen and oxygen atoms in total. The number of nitrogens with zero attached hydrogens (tertiary/aromatic N) is 7. The predicted octanol–water partition coefficient (Wildman–Crippen LogP) is 9.25. The molecule has 0 unspecified atom stereocenters. The maximum Gasteiger partial charge on any atom is 0.297 e. The Bertz CT molecular complexity index is 3540. The first-order chi connectivity index (χ1) is 40.3. The lowest BCUT2D eigenvalue weighted by Crippen LogP contribution is -2.59. The number of carbonyl (C=O) groups excluding carboxylic acids is 1. The highest BCUT2D eigenvalue weighted by Crippen LogP contribution is 2.54. The Hall–Kier alpha value is -7.04. The van der Waals surface area contributed by atoms with Crippen LogP contribution < -0.4 is 34.0 Å². The average Bonchev–Trinajstić information content (AvgIpc) is 2.79. The Kier molecular flexibility index (Phi) is 14.2. The quantitative estimate of drug-likeness (QED) is 0.0683. The van der Waals surface area contributed by atoms with Crippen molar-refractivity contribution in [2.45, 2.75) is 125 Å². The number of pyridine rings is 2. The lowest BCUT2D eigenvalue weighted by molar-refractivity contribution is -0.384. The number of H-pyrrole nitrogens is 1. The van der Waals surface area contributed by atoms with Gasteiger partial charge in [-0.2, -0.15) is 4.98 Å². The molecule has 2 saturated carbocycles. The molecular formula is C62H72N10O10S. The van der Waals surface area contributed by atoms with Crippen molar-refractivity contribution in [3.05, 3.63) is 124 Å². The van der Waals surface area contributed by atoms with Crippen molar-refractivity contribution in [2.24, 2.45) is 11.3 Å². The van der Waals surface area contributed by atoms with Gasteiger partial charge < -0.3 is 43.8 Å². The van der Waals surface area contributed by atoms with E-state index >= 15 is 0 Å². The number of hydrogen-bond acceptors (Lipinski definition) is 17. The molecule has 83 heavy (non-hydrogen) atoms. The lowest BCUT2D eigenvalue weighted by Gasteiger charge is -2.58. The molecule has 14 rings (SSSR count). The van der Waals surface area contributed by atoms with Gasteiger partial charge in [0.2, 0.25) is 5.88 Å². The van der Waals surface area contributed by atoms with E-state index in [1.165, 1.54) is 35.7 Å². The number of aromatic amines is 1. The summed E-state index contributed by atoms with van der Waals surface area (Å²) in [5.74, 6) is 1.24. The summed E-state index contributed by atoms with van der Waals surface area (Å²) < 4.78 is 61.9. The third-order valence-corrected chi connectivity index (χ3v) is 20.2.